The lowest BCUT2D eigenvalue weighted by Crippen LogP contribution is -1.79. The molecule has 4 heteroatoms. The Morgan fingerprint density at radius 3 is 2.64 bits per heavy atom. The maximum atomic E-state index is 5.25. The zero-order valence-corrected chi connectivity index (χ0v) is 8.62. The van der Waals surface area contributed by atoms with Crippen LogP contribution in [0, 0.1) is 6.92 Å². The van der Waals surface area contributed by atoms with Crippen molar-refractivity contribution in [3.8, 4) is 0 Å². The molecule has 72 valence electrons. The molecular formula is C10H10N2OS. The van der Waals surface area contributed by atoms with Crippen LogP contribution in [0.4, 0.5) is 0 Å². The summed E-state index contributed by atoms with van der Waals surface area (Å²) < 4.78 is 5.25. The molecule has 1 aromatic carbocycles. The number of nitrogens with zero attached hydrogens (tertiary/aromatic N) is 2. The minimum absolute atomic E-state index is 0.612. The fourth-order valence-corrected chi connectivity index (χ4v) is 1.82. The summed E-state index contributed by atoms with van der Waals surface area (Å²) in [5, 5.41) is 8.30. The Bertz CT molecular complexity index is 400. The van der Waals surface area contributed by atoms with Crippen LogP contribution in [-0.2, 0) is 5.75 Å². The van der Waals surface area contributed by atoms with Gasteiger partial charge in [0.2, 0.25) is 5.89 Å². The Morgan fingerprint density at radius 2 is 2.00 bits per heavy atom. The molecule has 0 fully saturated rings. The predicted molar refractivity (Wildman–Crippen MR) is 55.0 cm³/mol. The molecule has 0 aliphatic rings. The smallest absolute Gasteiger partial charge is 0.276 e. The maximum Gasteiger partial charge on any atom is 0.276 e. The molecule has 3 nitrogen and oxygen atoms in total. The molecule has 0 bridgehead atoms. The normalized spacial score (nSPS) is 10.4. The van der Waals surface area contributed by atoms with Crippen molar-refractivity contribution < 1.29 is 4.42 Å². The van der Waals surface area contributed by atoms with E-state index in [1.165, 1.54) is 5.56 Å². The van der Waals surface area contributed by atoms with Gasteiger partial charge < -0.3 is 4.42 Å². The van der Waals surface area contributed by atoms with Crippen LogP contribution in [0.2, 0.25) is 0 Å². The van der Waals surface area contributed by atoms with Crippen LogP contribution in [0.25, 0.3) is 0 Å². The van der Waals surface area contributed by atoms with Crippen LogP contribution in [0.5, 0.6) is 0 Å². The lowest BCUT2D eigenvalue weighted by Gasteiger charge is -1.95. The number of aryl methyl sites for hydroxylation is 1. The van der Waals surface area contributed by atoms with E-state index in [-0.39, 0.29) is 0 Å². The molecule has 0 aliphatic carbocycles. The number of hydrogen-bond donors (Lipinski definition) is 0. The summed E-state index contributed by atoms with van der Waals surface area (Å²) in [7, 11) is 0. The first kappa shape index (κ1) is 9.27. The highest BCUT2D eigenvalue weighted by molar-refractivity contribution is 7.98. The summed E-state index contributed by atoms with van der Waals surface area (Å²) in [6.07, 6.45) is 0. The van der Waals surface area contributed by atoms with Crippen LogP contribution in [0.1, 0.15) is 11.5 Å². The summed E-state index contributed by atoms with van der Waals surface area (Å²) in [5.74, 6) is 1.48. The van der Waals surface area contributed by atoms with Gasteiger partial charge in [-0.1, -0.05) is 42.1 Å². The summed E-state index contributed by atoms with van der Waals surface area (Å²) in [6, 6.07) is 10.2. The Balaban J connectivity index is 1.95. The first-order valence-electron chi connectivity index (χ1n) is 4.31. The predicted octanol–water partition coefficient (Wildman–Crippen LogP) is 2.67. The molecule has 1 aromatic heterocycles. The average Bonchev–Trinajstić information content (AvgIpc) is 2.63. The van der Waals surface area contributed by atoms with E-state index in [1.54, 1.807) is 18.7 Å². The molecule has 0 amide bonds. The number of benzene rings is 1. The van der Waals surface area contributed by atoms with Crippen molar-refractivity contribution in [1.29, 1.82) is 0 Å². The van der Waals surface area contributed by atoms with Gasteiger partial charge in [0.15, 0.2) is 0 Å². The zero-order valence-electron chi connectivity index (χ0n) is 7.80. The second-order valence-corrected chi connectivity index (χ2v) is 3.79. The minimum atomic E-state index is 0.612. The number of hydrogen-bond acceptors (Lipinski definition) is 4. The van der Waals surface area contributed by atoms with E-state index in [9.17, 15) is 0 Å². The zero-order chi connectivity index (χ0) is 9.80. The topological polar surface area (TPSA) is 38.9 Å². The Morgan fingerprint density at radius 1 is 1.21 bits per heavy atom. The quantitative estimate of drug-likeness (QED) is 0.724. The third-order valence-electron chi connectivity index (χ3n) is 1.71. The highest BCUT2D eigenvalue weighted by Gasteiger charge is 2.02. The second kappa shape index (κ2) is 4.28. The molecular weight excluding hydrogens is 196 g/mol. The fraction of sp³-hybridized carbons (Fsp3) is 0.200. The van der Waals surface area contributed by atoms with Gasteiger partial charge in [-0.15, -0.1) is 10.2 Å². The van der Waals surface area contributed by atoms with Crippen molar-refractivity contribution in [3.05, 3.63) is 41.8 Å². The van der Waals surface area contributed by atoms with Crippen LogP contribution in [0.15, 0.2) is 40.0 Å². The van der Waals surface area contributed by atoms with Gasteiger partial charge in [0, 0.05) is 12.7 Å². The monoisotopic (exact) mass is 206 g/mol. The fourth-order valence-electron chi connectivity index (χ4n) is 1.06. The van der Waals surface area contributed by atoms with Gasteiger partial charge in [-0.2, -0.15) is 0 Å². The van der Waals surface area contributed by atoms with E-state index in [0.717, 1.165) is 5.75 Å². The number of thioether (sulfide) groups is 1. The van der Waals surface area contributed by atoms with Crippen LogP contribution in [0.3, 0.4) is 0 Å². The van der Waals surface area contributed by atoms with Crippen molar-refractivity contribution in [2.24, 2.45) is 0 Å². The average molecular weight is 206 g/mol. The van der Waals surface area contributed by atoms with Gasteiger partial charge in [0.25, 0.3) is 5.22 Å². The van der Waals surface area contributed by atoms with Gasteiger partial charge in [-0.3, -0.25) is 0 Å². The summed E-state index contributed by atoms with van der Waals surface area (Å²) in [4.78, 5) is 0. The molecule has 0 atom stereocenters. The van der Waals surface area contributed by atoms with E-state index in [0.29, 0.717) is 11.1 Å². The Hall–Kier alpha value is -1.29. The molecule has 0 saturated heterocycles. The Kier molecular flexibility index (Phi) is 2.84. The summed E-state index contributed by atoms with van der Waals surface area (Å²) in [5.41, 5.74) is 1.26. The number of aromatic nitrogens is 2. The molecule has 0 N–H and O–H groups in total. The summed E-state index contributed by atoms with van der Waals surface area (Å²) in [6.45, 7) is 1.79. The van der Waals surface area contributed by atoms with E-state index in [1.807, 2.05) is 18.2 Å². The van der Waals surface area contributed by atoms with E-state index in [2.05, 4.69) is 22.3 Å². The molecule has 0 radical (unpaired) electrons. The number of rotatable bonds is 3. The minimum Gasteiger partial charge on any atom is -0.416 e. The van der Waals surface area contributed by atoms with E-state index in [4.69, 9.17) is 4.42 Å². The van der Waals surface area contributed by atoms with Crippen LogP contribution >= 0.6 is 11.8 Å². The first-order chi connectivity index (χ1) is 6.84. The van der Waals surface area contributed by atoms with Crippen LogP contribution in [-0.4, -0.2) is 10.2 Å². The molecule has 2 rings (SSSR count). The van der Waals surface area contributed by atoms with E-state index >= 15 is 0 Å². The highest BCUT2D eigenvalue weighted by atomic mass is 32.2. The van der Waals surface area contributed by atoms with Gasteiger partial charge >= 0.3 is 0 Å². The van der Waals surface area contributed by atoms with Crippen molar-refractivity contribution in [2.45, 2.75) is 17.9 Å². The van der Waals surface area contributed by atoms with Crippen molar-refractivity contribution >= 4 is 11.8 Å². The molecule has 0 aliphatic heterocycles. The Labute approximate surface area is 86.5 Å². The molecule has 14 heavy (non-hydrogen) atoms. The molecule has 1 heterocycles. The molecule has 0 unspecified atom stereocenters. The largest absolute Gasteiger partial charge is 0.416 e. The molecule has 0 spiro atoms. The van der Waals surface area contributed by atoms with Crippen molar-refractivity contribution in [1.82, 2.24) is 10.2 Å². The van der Waals surface area contributed by atoms with E-state index < -0.39 is 0 Å². The molecule has 0 saturated carbocycles. The second-order valence-electron chi connectivity index (χ2n) is 2.86. The van der Waals surface area contributed by atoms with Crippen LogP contribution < -0.4 is 0 Å². The van der Waals surface area contributed by atoms with Gasteiger partial charge in [-0.05, 0) is 5.56 Å². The summed E-state index contributed by atoms with van der Waals surface area (Å²) >= 11 is 1.55. The SMILES string of the molecule is Cc1nnc(SCc2ccccc2)o1. The lowest BCUT2D eigenvalue weighted by atomic mass is 10.2. The maximum absolute atomic E-state index is 5.25. The first-order valence-corrected chi connectivity index (χ1v) is 5.30. The van der Waals surface area contributed by atoms with Crippen molar-refractivity contribution in [2.75, 3.05) is 0 Å². The van der Waals surface area contributed by atoms with Gasteiger partial charge in [-0.25, -0.2) is 0 Å². The van der Waals surface area contributed by atoms with Gasteiger partial charge in [0.05, 0.1) is 0 Å². The van der Waals surface area contributed by atoms with Crippen molar-refractivity contribution in [3.63, 3.8) is 0 Å². The third kappa shape index (κ3) is 2.35. The standard InChI is InChI=1S/C10H10N2OS/c1-8-11-12-10(13-8)14-7-9-5-3-2-4-6-9/h2-6H,7H2,1H3. The lowest BCUT2D eigenvalue weighted by molar-refractivity contribution is 0.429. The van der Waals surface area contributed by atoms with Gasteiger partial charge in [0.1, 0.15) is 0 Å². The highest BCUT2D eigenvalue weighted by Crippen LogP contribution is 2.20. The third-order valence-corrected chi connectivity index (χ3v) is 2.60. The molecule has 2 aromatic rings.